The lowest BCUT2D eigenvalue weighted by Crippen LogP contribution is -2.26. The van der Waals surface area contributed by atoms with E-state index in [4.69, 9.17) is 0 Å². The number of carbonyl (C=O) groups is 1. The van der Waals surface area contributed by atoms with Crippen LogP contribution in [0.2, 0.25) is 0 Å². The molecule has 0 aromatic carbocycles. The highest BCUT2D eigenvalue weighted by molar-refractivity contribution is 5.73. The van der Waals surface area contributed by atoms with Crippen LogP contribution in [0.5, 0.6) is 0 Å². The van der Waals surface area contributed by atoms with Gasteiger partial charge in [-0.15, -0.1) is 0 Å². The third-order valence-electron chi connectivity index (χ3n) is 2.22. The van der Waals surface area contributed by atoms with Crippen LogP contribution in [0.3, 0.4) is 0 Å². The fraction of sp³-hybridized carbons (Fsp3) is 0.400. The second-order valence-corrected chi connectivity index (χ2v) is 3.51. The van der Waals surface area contributed by atoms with Gasteiger partial charge in [0.2, 0.25) is 0 Å². The van der Waals surface area contributed by atoms with Crippen molar-refractivity contribution in [2.24, 2.45) is 0 Å². The SMILES string of the molecule is COC(=O)Cc1cc(C(F)F)[nH]c(=O)c1C(F)(F)F. The predicted molar refractivity (Wildman–Crippen MR) is 52.7 cm³/mol. The van der Waals surface area contributed by atoms with Gasteiger partial charge < -0.3 is 9.72 Å². The Hall–Kier alpha value is -1.93. The van der Waals surface area contributed by atoms with Crippen LogP contribution in [0, 0.1) is 0 Å². The molecule has 4 nitrogen and oxygen atoms in total. The average Bonchev–Trinajstić information content (AvgIpc) is 2.25. The maximum Gasteiger partial charge on any atom is 0.421 e. The molecule has 19 heavy (non-hydrogen) atoms. The van der Waals surface area contributed by atoms with E-state index >= 15 is 0 Å². The van der Waals surface area contributed by atoms with E-state index < -0.39 is 47.4 Å². The normalized spacial score (nSPS) is 11.7. The van der Waals surface area contributed by atoms with Gasteiger partial charge in [-0.05, 0) is 11.6 Å². The van der Waals surface area contributed by atoms with Crippen LogP contribution in [-0.2, 0) is 22.1 Å². The molecule has 1 rings (SSSR count). The minimum absolute atomic E-state index is 0.436. The zero-order valence-electron chi connectivity index (χ0n) is 9.48. The number of nitrogens with one attached hydrogen (secondary N) is 1. The molecule has 0 atom stereocenters. The molecule has 9 heteroatoms. The lowest BCUT2D eigenvalue weighted by molar-refractivity contribution is -0.142. The lowest BCUT2D eigenvalue weighted by Gasteiger charge is -2.12. The van der Waals surface area contributed by atoms with Gasteiger partial charge in [0.15, 0.2) is 0 Å². The highest BCUT2D eigenvalue weighted by atomic mass is 19.4. The number of hydrogen-bond donors (Lipinski definition) is 1. The van der Waals surface area contributed by atoms with Gasteiger partial charge in [-0.1, -0.05) is 0 Å². The highest BCUT2D eigenvalue weighted by Crippen LogP contribution is 2.30. The summed E-state index contributed by atoms with van der Waals surface area (Å²) < 4.78 is 66.9. The largest absolute Gasteiger partial charge is 0.469 e. The van der Waals surface area contributed by atoms with Crippen molar-refractivity contribution in [2.45, 2.75) is 19.0 Å². The Balaban J connectivity index is 3.45. The highest BCUT2D eigenvalue weighted by Gasteiger charge is 2.38. The van der Waals surface area contributed by atoms with E-state index in [1.807, 2.05) is 0 Å². The Morgan fingerprint density at radius 2 is 2.00 bits per heavy atom. The van der Waals surface area contributed by atoms with E-state index in [1.165, 1.54) is 4.98 Å². The molecule has 0 saturated carbocycles. The number of halogens is 5. The number of rotatable bonds is 3. The molecule has 106 valence electrons. The first-order chi connectivity index (χ1) is 8.66. The molecule has 0 amide bonds. The second-order valence-electron chi connectivity index (χ2n) is 3.51. The Labute approximate surface area is 103 Å². The van der Waals surface area contributed by atoms with Crippen LogP contribution in [0.15, 0.2) is 10.9 Å². The van der Waals surface area contributed by atoms with Crippen LogP contribution in [0.1, 0.15) is 23.2 Å². The number of alkyl halides is 5. The minimum atomic E-state index is -5.06. The molecule has 0 saturated heterocycles. The lowest BCUT2D eigenvalue weighted by atomic mass is 10.1. The molecule has 1 heterocycles. The van der Waals surface area contributed by atoms with Gasteiger partial charge in [0.25, 0.3) is 12.0 Å². The zero-order chi connectivity index (χ0) is 14.8. The fourth-order valence-corrected chi connectivity index (χ4v) is 1.43. The predicted octanol–water partition coefficient (Wildman–Crippen LogP) is 2.05. The number of aromatic amines is 1. The van der Waals surface area contributed by atoms with Crippen LogP contribution >= 0.6 is 0 Å². The van der Waals surface area contributed by atoms with Crippen molar-refractivity contribution in [3.63, 3.8) is 0 Å². The molecule has 1 N–H and O–H groups in total. The summed E-state index contributed by atoms with van der Waals surface area (Å²) >= 11 is 0. The Bertz CT molecular complexity index is 535. The van der Waals surface area contributed by atoms with Gasteiger partial charge >= 0.3 is 12.1 Å². The van der Waals surface area contributed by atoms with Crippen molar-refractivity contribution in [3.8, 4) is 0 Å². The van der Waals surface area contributed by atoms with Gasteiger partial charge in [-0.25, -0.2) is 8.78 Å². The summed E-state index contributed by atoms with van der Waals surface area (Å²) in [4.78, 5) is 23.6. The van der Waals surface area contributed by atoms with Crippen LogP contribution < -0.4 is 5.56 Å². The quantitative estimate of drug-likeness (QED) is 0.683. The van der Waals surface area contributed by atoms with E-state index in [-0.39, 0.29) is 0 Å². The van der Waals surface area contributed by atoms with Gasteiger partial charge in [0, 0.05) is 0 Å². The molecule has 0 aliphatic carbocycles. The minimum Gasteiger partial charge on any atom is -0.469 e. The van der Waals surface area contributed by atoms with Crippen LogP contribution in [0.25, 0.3) is 0 Å². The number of hydrogen-bond acceptors (Lipinski definition) is 3. The number of esters is 1. The summed E-state index contributed by atoms with van der Waals surface area (Å²) in [6.45, 7) is 0. The summed E-state index contributed by atoms with van der Waals surface area (Å²) in [5.41, 5.74) is -5.23. The van der Waals surface area contributed by atoms with Crippen LogP contribution in [-0.4, -0.2) is 18.1 Å². The molecule has 0 radical (unpaired) electrons. The van der Waals surface area contributed by atoms with Gasteiger partial charge in [-0.2, -0.15) is 13.2 Å². The number of carbonyl (C=O) groups excluding carboxylic acids is 1. The third-order valence-corrected chi connectivity index (χ3v) is 2.22. The summed E-state index contributed by atoms with van der Waals surface area (Å²) in [6, 6.07) is 0.436. The van der Waals surface area contributed by atoms with Gasteiger partial charge in [-0.3, -0.25) is 9.59 Å². The summed E-state index contributed by atoms with van der Waals surface area (Å²) in [5.74, 6) is -1.07. The van der Waals surface area contributed by atoms with Gasteiger partial charge in [0.05, 0.1) is 19.2 Å². The molecule has 0 spiro atoms. The number of ether oxygens (including phenoxy) is 1. The molecule has 0 bridgehead atoms. The molecular weight excluding hydrogens is 277 g/mol. The number of aromatic nitrogens is 1. The molecule has 0 fully saturated rings. The van der Waals surface area contributed by atoms with E-state index in [9.17, 15) is 31.5 Å². The van der Waals surface area contributed by atoms with Crippen molar-refractivity contribution in [2.75, 3.05) is 7.11 Å². The van der Waals surface area contributed by atoms with Crippen molar-refractivity contribution in [1.82, 2.24) is 4.98 Å². The summed E-state index contributed by atoms with van der Waals surface area (Å²) in [6.07, 6.45) is -9.14. The number of pyridine rings is 1. The molecular formula is C10H8F5NO3. The first kappa shape index (κ1) is 15.1. The third kappa shape index (κ3) is 3.52. The topological polar surface area (TPSA) is 59.2 Å². The maximum absolute atomic E-state index is 12.6. The Morgan fingerprint density at radius 3 is 2.42 bits per heavy atom. The van der Waals surface area contributed by atoms with E-state index in [1.54, 1.807) is 0 Å². The van der Waals surface area contributed by atoms with Crippen molar-refractivity contribution in [1.29, 1.82) is 0 Å². The summed E-state index contributed by atoms with van der Waals surface area (Å²) in [7, 11) is 0.927. The van der Waals surface area contributed by atoms with Crippen LogP contribution in [0.4, 0.5) is 22.0 Å². The second kappa shape index (κ2) is 5.37. The molecule has 0 unspecified atom stereocenters. The van der Waals surface area contributed by atoms with Gasteiger partial charge in [0.1, 0.15) is 5.56 Å². The van der Waals surface area contributed by atoms with Crippen molar-refractivity contribution < 1.29 is 31.5 Å². The first-order valence-electron chi connectivity index (χ1n) is 4.85. The van der Waals surface area contributed by atoms with E-state index in [2.05, 4.69) is 4.74 Å². The molecule has 0 aliphatic rings. The standard InChI is InChI=1S/C10H8F5NO3/c1-19-6(17)3-4-2-5(8(11)12)16-9(18)7(4)10(13,14)15/h2,8H,3H2,1H3,(H,16,18). The number of methoxy groups -OCH3 is 1. The van der Waals surface area contributed by atoms with Crippen molar-refractivity contribution in [3.05, 3.63) is 33.2 Å². The average molecular weight is 285 g/mol. The van der Waals surface area contributed by atoms with E-state index in [0.29, 0.717) is 6.07 Å². The molecule has 0 aliphatic heterocycles. The Morgan fingerprint density at radius 1 is 1.42 bits per heavy atom. The smallest absolute Gasteiger partial charge is 0.421 e. The monoisotopic (exact) mass is 285 g/mol. The molecule has 1 aromatic heterocycles. The number of H-pyrrole nitrogens is 1. The maximum atomic E-state index is 12.6. The molecule has 1 aromatic rings. The van der Waals surface area contributed by atoms with E-state index in [0.717, 1.165) is 7.11 Å². The Kier molecular flexibility index (Phi) is 4.28. The first-order valence-corrected chi connectivity index (χ1v) is 4.85. The fourth-order valence-electron chi connectivity index (χ4n) is 1.43. The van der Waals surface area contributed by atoms with Crippen molar-refractivity contribution >= 4 is 5.97 Å². The summed E-state index contributed by atoms with van der Waals surface area (Å²) in [5, 5.41) is 0. The zero-order valence-corrected chi connectivity index (χ0v) is 9.48.